The number of guanidine groups is 1. The first-order valence-corrected chi connectivity index (χ1v) is 11.5. The molecular weight excluding hydrogens is 474 g/mol. The summed E-state index contributed by atoms with van der Waals surface area (Å²) in [5, 5.41) is 26.4. The number of nitrogens with two attached hydrogens (primary N) is 1. The highest BCUT2D eigenvalue weighted by molar-refractivity contribution is 8.14. The maximum atomic E-state index is 12.5. The normalized spacial score (nSPS) is 14.3. The number of hydrogen-bond acceptors (Lipinski definition) is 8. The fraction of sp³-hybridized carbons (Fsp3) is 0.227. The molecule has 0 spiro atoms. The van der Waals surface area contributed by atoms with Crippen molar-refractivity contribution in [3.63, 3.8) is 0 Å². The van der Waals surface area contributed by atoms with Gasteiger partial charge in [-0.25, -0.2) is 4.99 Å². The summed E-state index contributed by atoms with van der Waals surface area (Å²) in [6.45, 7) is 6.35. The molecule has 1 heterocycles. The topological polar surface area (TPSA) is 168 Å². The predicted octanol–water partition coefficient (Wildman–Crippen LogP) is 2.56. The minimum absolute atomic E-state index is 0.0474. The van der Waals surface area contributed by atoms with Gasteiger partial charge in [0.15, 0.2) is 11.1 Å². The molecule has 184 valence electrons. The van der Waals surface area contributed by atoms with Crippen LogP contribution in [0.3, 0.4) is 0 Å². The molecule has 1 saturated heterocycles. The van der Waals surface area contributed by atoms with Crippen molar-refractivity contribution in [2.45, 2.75) is 0 Å². The standard InChI is InChI=1S/C22H25N7O5S/c1-15(28-9-11-34-12-10-28)24-22(27-21(23)25-16-5-3-2-4-6-16)35-14-20(31)26-18-8-7-17(29(32)33)13-19(18)30/h2-8,13,30H,1,9-12,14H2,(H,26,31)(H3,23,24,25,27). The molecule has 0 atom stereocenters. The molecule has 0 aliphatic carbocycles. The lowest BCUT2D eigenvalue weighted by molar-refractivity contribution is -0.384. The molecule has 0 aromatic heterocycles. The molecule has 13 heteroatoms. The van der Waals surface area contributed by atoms with E-state index < -0.39 is 16.6 Å². The summed E-state index contributed by atoms with van der Waals surface area (Å²) >= 11 is 1.02. The van der Waals surface area contributed by atoms with E-state index in [0.29, 0.717) is 32.1 Å². The number of ether oxygens (including phenoxy) is 1. The number of nitro groups is 1. The third-order valence-corrected chi connectivity index (χ3v) is 5.51. The van der Waals surface area contributed by atoms with Gasteiger partial charge < -0.3 is 31.1 Å². The molecule has 3 rings (SSSR count). The zero-order valence-electron chi connectivity index (χ0n) is 18.7. The number of rotatable bonds is 7. The van der Waals surface area contributed by atoms with Crippen molar-refractivity contribution in [2.24, 2.45) is 15.7 Å². The number of amides is 1. The second-order valence-electron chi connectivity index (χ2n) is 7.19. The van der Waals surface area contributed by atoms with Gasteiger partial charge in [0.2, 0.25) is 5.91 Å². The summed E-state index contributed by atoms with van der Waals surface area (Å²) in [7, 11) is 0. The van der Waals surface area contributed by atoms with Gasteiger partial charge in [-0.1, -0.05) is 36.5 Å². The quantitative estimate of drug-likeness (QED) is 0.147. The number of morpholine rings is 1. The maximum Gasteiger partial charge on any atom is 0.273 e. The van der Waals surface area contributed by atoms with Crippen LogP contribution in [0, 0.1) is 10.1 Å². The third kappa shape index (κ3) is 8.01. The van der Waals surface area contributed by atoms with Crippen LogP contribution in [0.15, 0.2) is 70.9 Å². The third-order valence-electron chi connectivity index (χ3n) is 4.66. The summed E-state index contributed by atoms with van der Waals surface area (Å²) in [5.41, 5.74) is 6.53. The molecule has 2 aromatic carbocycles. The van der Waals surface area contributed by atoms with Gasteiger partial charge in [-0.3, -0.25) is 14.9 Å². The number of phenolic OH excluding ortho intramolecular Hbond substituents is 1. The lowest BCUT2D eigenvalue weighted by atomic mass is 10.2. The van der Waals surface area contributed by atoms with Crippen molar-refractivity contribution < 1.29 is 19.6 Å². The number of amidine groups is 1. The summed E-state index contributed by atoms with van der Waals surface area (Å²) in [6, 6.07) is 12.6. The molecule has 0 saturated carbocycles. The fourth-order valence-electron chi connectivity index (χ4n) is 2.95. The van der Waals surface area contributed by atoms with Gasteiger partial charge in [0.05, 0.1) is 35.6 Å². The second-order valence-corrected chi connectivity index (χ2v) is 8.14. The number of carbonyl (C=O) groups is 1. The van der Waals surface area contributed by atoms with Gasteiger partial charge in [0.25, 0.3) is 5.69 Å². The van der Waals surface area contributed by atoms with E-state index in [0.717, 1.165) is 23.5 Å². The van der Waals surface area contributed by atoms with Crippen LogP contribution in [0.2, 0.25) is 0 Å². The Bertz CT molecular complexity index is 1130. The smallest absolute Gasteiger partial charge is 0.273 e. The number of aromatic hydroxyl groups is 1. The molecular formula is C22H25N7O5S. The number of benzene rings is 2. The number of non-ortho nitro benzene ring substituents is 1. The van der Waals surface area contributed by atoms with Crippen LogP contribution in [0.5, 0.6) is 5.75 Å². The van der Waals surface area contributed by atoms with Gasteiger partial charge in [-0.2, -0.15) is 4.99 Å². The Hall–Kier alpha value is -4.10. The van der Waals surface area contributed by atoms with E-state index in [-0.39, 0.29) is 28.3 Å². The molecule has 35 heavy (non-hydrogen) atoms. The van der Waals surface area contributed by atoms with Crippen molar-refractivity contribution in [1.29, 1.82) is 0 Å². The van der Waals surface area contributed by atoms with E-state index in [9.17, 15) is 20.0 Å². The molecule has 2 aromatic rings. The molecule has 1 aliphatic rings. The van der Waals surface area contributed by atoms with E-state index >= 15 is 0 Å². The Morgan fingerprint density at radius 2 is 1.91 bits per heavy atom. The van der Waals surface area contributed by atoms with Gasteiger partial charge in [-0.05, 0) is 18.2 Å². The predicted molar refractivity (Wildman–Crippen MR) is 137 cm³/mol. The number of anilines is 2. The fourth-order valence-corrected chi connectivity index (χ4v) is 3.61. The average Bonchev–Trinajstić information content (AvgIpc) is 2.84. The summed E-state index contributed by atoms with van der Waals surface area (Å²) in [5.74, 6) is -0.477. The summed E-state index contributed by atoms with van der Waals surface area (Å²) < 4.78 is 5.35. The minimum Gasteiger partial charge on any atom is -0.506 e. The van der Waals surface area contributed by atoms with Crippen molar-refractivity contribution >= 4 is 45.9 Å². The van der Waals surface area contributed by atoms with Crippen molar-refractivity contribution in [3.8, 4) is 5.75 Å². The van der Waals surface area contributed by atoms with Crippen LogP contribution in [-0.4, -0.2) is 64.0 Å². The Labute approximate surface area is 205 Å². The molecule has 0 bridgehead atoms. The zero-order valence-corrected chi connectivity index (χ0v) is 19.5. The van der Waals surface area contributed by atoms with Crippen LogP contribution >= 0.6 is 11.8 Å². The van der Waals surface area contributed by atoms with Gasteiger partial charge in [0, 0.05) is 24.8 Å². The highest BCUT2D eigenvalue weighted by Crippen LogP contribution is 2.28. The molecule has 5 N–H and O–H groups in total. The summed E-state index contributed by atoms with van der Waals surface area (Å²) in [6.07, 6.45) is 0. The first-order chi connectivity index (χ1) is 16.8. The zero-order chi connectivity index (χ0) is 25.2. The van der Waals surface area contributed by atoms with Crippen molar-refractivity contribution in [3.05, 3.63) is 71.0 Å². The largest absolute Gasteiger partial charge is 0.506 e. The average molecular weight is 500 g/mol. The number of aliphatic imine (C=N–C) groups is 2. The van der Waals surface area contributed by atoms with Crippen LogP contribution < -0.4 is 16.4 Å². The van der Waals surface area contributed by atoms with Gasteiger partial charge in [-0.15, -0.1) is 0 Å². The van der Waals surface area contributed by atoms with E-state index in [1.807, 2.05) is 35.2 Å². The SMILES string of the molecule is C=C(N=C(N=C(N)Nc1ccccc1)SCC(=O)Nc1ccc([N+](=O)[O-])cc1O)N1CCOCC1. The number of nitrogens with one attached hydrogen (secondary N) is 2. The van der Waals surface area contributed by atoms with Crippen LogP contribution in [0.4, 0.5) is 17.1 Å². The van der Waals surface area contributed by atoms with E-state index in [1.54, 1.807) is 0 Å². The van der Waals surface area contributed by atoms with E-state index in [4.69, 9.17) is 10.5 Å². The minimum atomic E-state index is -0.642. The number of thioether (sulfide) groups is 1. The lowest BCUT2D eigenvalue weighted by Crippen LogP contribution is -2.35. The van der Waals surface area contributed by atoms with E-state index in [2.05, 4.69) is 27.2 Å². The monoisotopic (exact) mass is 499 g/mol. The number of para-hydroxylation sites is 1. The number of phenols is 1. The number of hydrogen-bond donors (Lipinski definition) is 4. The number of nitrogens with zero attached hydrogens (tertiary/aromatic N) is 4. The van der Waals surface area contributed by atoms with Crippen LogP contribution in [0.1, 0.15) is 0 Å². The number of carbonyl (C=O) groups excluding carboxylic acids is 1. The van der Waals surface area contributed by atoms with Crippen LogP contribution in [0.25, 0.3) is 0 Å². The lowest BCUT2D eigenvalue weighted by Gasteiger charge is -2.28. The first-order valence-electron chi connectivity index (χ1n) is 10.5. The molecule has 12 nitrogen and oxygen atoms in total. The van der Waals surface area contributed by atoms with E-state index in [1.165, 1.54) is 12.1 Å². The molecule has 0 radical (unpaired) electrons. The van der Waals surface area contributed by atoms with Crippen LogP contribution in [-0.2, 0) is 9.53 Å². The second kappa shape index (κ2) is 12.4. The Morgan fingerprint density at radius 1 is 1.20 bits per heavy atom. The number of nitro benzene ring substituents is 1. The highest BCUT2D eigenvalue weighted by Gasteiger charge is 2.15. The van der Waals surface area contributed by atoms with Gasteiger partial charge >= 0.3 is 0 Å². The van der Waals surface area contributed by atoms with Crippen molar-refractivity contribution in [1.82, 2.24) is 4.90 Å². The first kappa shape index (κ1) is 25.5. The Morgan fingerprint density at radius 3 is 2.57 bits per heavy atom. The Balaban J connectivity index is 1.70. The molecule has 0 unspecified atom stereocenters. The summed E-state index contributed by atoms with van der Waals surface area (Å²) in [4.78, 5) is 33.3. The van der Waals surface area contributed by atoms with Gasteiger partial charge in [0.1, 0.15) is 11.6 Å². The highest BCUT2D eigenvalue weighted by atomic mass is 32.2. The van der Waals surface area contributed by atoms with Crippen molar-refractivity contribution in [2.75, 3.05) is 42.7 Å². The maximum absolute atomic E-state index is 12.5. The molecule has 1 amide bonds. The molecule has 1 aliphatic heterocycles. The molecule has 1 fully saturated rings. The Kier molecular flexibility index (Phi) is 9.03.